The Morgan fingerprint density at radius 2 is 1.59 bits per heavy atom. The highest BCUT2D eigenvalue weighted by atomic mass is 35.5. The van der Waals surface area contributed by atoms with E-state index in [0.29, 0.717) is 27.6 Å². The lowest BCUT2D eigenvalue weighted by atomic mass is 10.2. The van der Waals surface area contributed by atoms with Crippen molar-refractivity contribution in [1.29, 1.82) is 0 Å². The minimum Gasteiger partial charge on any atom is -0.484 e. The molecule has 0 radical (unpaired) electrons. The number of ether oxygens (including phenoxy) is 2. The summed E-state index contributed by atoms with van der Waals surface area (Å²) in [5, 5.41) is 4.20. The smallest absolute Gasteiger partial charge is 0.345 e. The van der Waals surface area contributed by atoms with E-state index in [1.165, 1.54) is 6.21 Å². The summed E-state index contributed by atoms with van der Waals surface area (Å²) >= 11 is 5.99. The molecule has 7 heteroatoms. The Morgan fingerprint density at radius 1 is 0.897 bits per heavy atom. The summed E-state index contributed by atoms with van der Waals surface area (Å²) in [6, 6.07) is 22.3. The molecule has 0 atom stereocenters. The third-order valence-corrected chi connectivity index (χ3v) is 4.03. The van der Waals surface area contributed by atoms with Crippen LogP contribution >= 0.6 is 11.6 Å². The van der Waals surface area contributed by atoms with Crippen molar-refractivity contribution in [1.82, 2.24) is 5.43 Å². The van der Waals surface area contributed by atoms with Crippen LogP contribution in [0.3, 0.4) is 0 Å². The zero-order chi connectivity index (χ0) is 20.5. The summed E-state index contributed by atoms with van der Waals surface area (Å²) in [6.45, 7) is -0.141. The first-order chi connectivity index (χ1) is 14.1. The molecule has 0 bridgehead atoms. The van der Waals surface area contributed by atoms with Gasteiger partial charge in [-0.15, -0.1) is 0 Å². The molecule has 0 aliphatic carbocycles. The van der Waals surface area contributed by atoms with Gasteiger partial charge in [0, 0.05) is 0 Å². The minimum absolute atomic E-state index is 0.141. The quantitative estimate of drug-likeness (QED) is 0.276. The van der Waals surface area contributed by atoms with Crippen LogP contribution in [0.15, 0.2) is 84.0 Å². The third-order valence-electron chi connectivity index (χ3n) is 3.70. The van der Waals surface area contributed by atoms with Crippen molar-refractivity contribution in [3.63, 3.8) is 0 Å². The highest BCUT2D eigenvalue weighted by Crippen LogP contribution is 2.18. The van der Waals surface area contributed by atoms with E-state index in [2.05, 4.69) is 10.5 Å². The molecule has 0 fully saturated rings. The molecule has 0 saturated carbocycles. The summed E-state index contributed by atoms with van der Waals surface area (Å²) in [5.74, 6) is 0.0546. The molecule has 1 N–H and O–H groups in total. The molecule has 1 amide bonds. The molecule has 3 rings (SSSR count). The maximum Gasteiger partial charge on any atom is 0.345 e. The number of carbonyl (C=O) groups excluding carboxylic acids is 2. The second-order valence-electron chi connectivity index (χ2n) is 5.83. The minimum atomic E-state index is -0.539. The summed E-state index contributed by atoms with van der Waals surface area (Å²) in [4.78, 5) is 23.9. The number of para-hydroxylation sites is 1. The number of hydrogen-bond donors (Lipinski definition) is 1. The van der Waals surface area contributed by atoms with Crippen molar-refractivity contribution < 1.29 is 19.1 Å². The molecular formula is C22H17ClN2O4. The van der Waals surface area contributed by atoms with Crippen molar-refractivity contribution in [2.45, 2.75) is 0 Å². The van der Waals surface area contributed by atoms with Crippen LogP contribution in [0.25, 0.3) is 0 Å². The fourth-order valence-electron chi connectivity index (χ4n) is 2.29. The van der Waals surface area contributed by atoms with Crippen molar-refractivity contribution in [3.05, 3.63) is 95.0 Å². The molecule has 0 aliphatic heterocycles. The van der Waals surface area contributed by atoms with Gasteiger partial charge in [0.2, 0.25) is 0 Å². The summed E-state index contributed by atoms with van der Waals surface area (Å²) in [6.07, 6.45) is 1.47. The Balaban J connectivity index is 1.48. The Labute approximate surface area is 172 Å². The number of benzene rings is 3. The van der Waals surface area contributed by atoms with Crippen LogP contribution in [-0.2, 0) is 4.79 Å². The number of nitrogens with zero attached hydrogens (tertiary/aromatic N) is 1. The number of nitrogens with one attached hydrogen (secondary N) is 1. The number of hydrogen-bond acceptors (Lipinski definition) is 5. The third kappa shape index (κ3) is 6.19. The molecule has 0 aliphatic rings. The summed E-state index contributed by atoms with van der Waals surface area (Å²) in [5.41, 5.74) is 3.39. The van der Waals surface area contributed by atoms with Crippen LogP contribution in [0.4, 0.5) is 0 Å². The molecule has 3 aromatic carbocycles. The van der Waals surface area contributed by atoms with E-state index in [-0.39, 0.29) is 12.5 Å². The predicted octanol–water partition coefficient (Wildman–Crippen LogP) is 4.09. The number of carbonyl (C=O) groups is 2. The molecule has 0 saturated heterocycles. The second-order valence-corrected chi connectivity index (χ2v) is 6.24. The average Bonchev–Trinajstić information content (AvgIpc) is 2.74. The van der Waals surface area contributed by atoms with E-state index in [4.69, 9.17) is 21.1 Å². The van der Waals surface area contributed by atoms with E-state index in [1.54, 1.807) is 60.7 Å². The van der Waals surface area contributed by atoms with Crippen molar-refractivity contribution in [2.75, 3.05) is 6.61 Å². The zero-order valence-corrected chi connectivity index (χ0v) is 16.0. The normalized spacial score (nSPS) is 10.5. The van der Waals surface area contributed by atoms with Gasteiger partial charge in [-0.2, -0.15) is 5.10 Å². The van der Waals surface area contributed by atoms with Gasteiger partial charge in [0.15, 0.2) is 6.61 Å². The predicted molar refractivity (Wildman–Crippen MR) is 111 cm³/mol. The highest BCUT2D eigenvalue weighted by molar-refractivity contribution is 6.33. The van der Waals surface area contributed by atoms with Crippen LogP contribution in [-0.4, -0.2) is 24.7 Å². The number of esters is 1. The van der Waals surface area contributed by atoms with Gasteiger partial charge in [-0.05, 0) is 54.1 Å². The Morgan fingerprint density at radius 3 is 2.31 bits per heavy atom. The molecule has 0 aromatic heterocycles. The van der Waals surface area contributed by atoms with Gasteiger partial charge in [0.05, 0.1) is 16.8 Å². The molecule has 0 unspecified atom stereocenters. The van der Waals surface area contributed by atoms with Crippen molar-refractivity contribution in [2.24, 2.45) is 5.10 Å². The standard InChI is InChI=1S/C22H17ClN2O4/c23-20-9-5-4-8-19(20)22(27)29-18-12-10-16(11-13-18)14-24-25-21(26)15-28-17-6-2-1-3-7-17/h1-14H,15H2,(H,25,26). The van der Waals surface area contributed by atoms with Crippen molar-refractivity contribution >= 4 is 29.7 Å². The summed E-state index contributed by atoms with van der Waals surface area (Å²) in [7, 11) is 0. The second kappa shape index (κ2) is 10.1. The van der Waals surface area contributed by atoms with Gasteiger partial charge >= 0.3 is 5.97 Å². The average molecular weight is 409 g/mol. The Bertz CT molecular complexity index is 1000. The first-order valence-electron chi connectivity index (χ1n) is 8.68. The summed E-state index contributed by atoms with van der Waals surface area (Å²) < 4.78 is 10.6. The number of hydrazone groups is 1. The van der Waals surface area contributed by atoms with Gasteiger partial charge in [-0.25, -0.2) is 10.2 Å². The lowest BCUT2D eigenvalue weighted by Gasteiger charge is -2.06. The number of amides is 1. The van der Waals surface area contributed by atoms with E-state index in [9.17, 15) is 9.59 Å². The molecular weight excluding hydrogens is 392 g/mol. The topological polar surface area (TPSA) is 77.0 Å². The van der Waals surface area contributed by atoms with Gasteiger partial charge in [0.25, 0.3) is 5.91 Å². The van der Waals surface area contributed by atoms with Gasteiger partial charge < -0.3 is 9.47 Å². The molecule has 0 spiro atoms. The molecule has 6 nitrogen and oxygen atoms in total. The van der Waals surface area contributed by atoms with Gasteiger partial charge in [-0.3, -0.25) is 4.79 Å². The van der Waals surface area contributed by atoms with Crippen LogP contribution in [0.2, 0.25) is 5.02 Å². The van der Waals surface area contributed by atoms with E-state index in [1.807, 2.05) is 18.2 Å². The molecule has 3 aromatic rings. The van der Waals surface area contributed by atoms with Crippen LogP contribution in [0, 0.1) is 0 Å². The van der Waals surface area contributed by atoms with Crippen molar-refractivity contribution in [3.8, 4) is 11.5 Å². The lowest BCUT2D eigenvalue weighted by Crippen LogP contribution is -2.24. The van der Waals surface area contributed by atoms with Crippen LogP contribution in [0.1, 0.15) is 15.9 Å². The number of rotatable bonds is 7. The van der Waals surface area contributed by atoms with Gasteiger partial charge in [0.1, 0.15) is 11.5 Å². The van der Waals surface area contributed by atoms with E-state index in [0.717, 1.165) is 0 Å². The highest BCUT2D eigenvalue weighted by Gasteiger charge is 2.11. The lowest BCUT2D eigenvalue weighted by molar-refractivity contribution is -0.123. The number of halogens is 1. The fraction of sp³-hybridized carbons (Fsp3) is 0.0455. The fourth-order valence-corrected chi connectivity index (χ4v) is 2.50. The first kappa shape index (κ1) is 20.1. The van der Waals surface area contributed by atoms with Gasteiger partial charge in [-0.1, -0.05) is 41.9 Å². The zero-order valence-electron chi connectivity index (χ0n) is 15.2. The van der Waals surface area contributed by atoms with E-state index >= 15 is 0 Å². The SMILES string of the molecule is O=C(COc1ccccc1)NN=Cc1ccc(OC(=O)c2ccccc2Cl)cc1. The first-order valence-corrected chi connectivity index (χ1v) is 9.06. The maximum atomic E-state index is 12.1. The monoisotopic (exact) mass is 408 g/mol. The molecule has 0 heterocycles. The Hall–Kier alpha value is -3.64. The largest absolute Gasteiger partial charge is 0.484 e. The van der Waals surface area contributed by atoms with Crippen LogP contribution < -0.4 is 14.9 Å². The molecule has 146 valence electrons. The van der Waals surface area contributed by atoms with Crippen LogP contribution in [0.5, 0.6) is 11.5 Å². The molecule has 29 heavy (non-hydrogen) atoms. The maximum absolute atomic E-state index is 12.1. The van der Waals surface area contributed by atoms with E-state index < -0.39 is 5.97 Å². The Kier molecular flexibility index (Phi) is 6.97.